The highest BCUT2D eigenvalue weighted by Crippen LogP contribution is 2.22. The topological polar surface area (TPSA) is 113 Å². The average molecular weight is 356 g/mol. The minimum atomic E-state index is -3.74. The number of amides is 1. The molecule has 1 fully saturated rings. The summed E-state index contributed by atoms with van der Waals surface area (Å²) in [4.78, 5) is 23.0. The van der Waals surface area contributed by atoms with Crippen molar-refractivity contribution in [2.45, 2.75) is 24.8 Å². The molecule has 1 heterocycles. The van der Waals surface area contributed by atoms with Gasteiger partial charge in [-0.2, -0.15) is 4.31 Å². The van der Waals surface area contributed by atoms with Crippen molar-refractivity contribution in [3.05, 3.63) is 29.3 Å². The van der Waals surface area contributed by atoms with Crippen molar-refractivity contribution in [3.8, 4) is 0 Å². The van der Waals surface area contributed by atoms with Crippen molar-refractivity contribution in [3.63, 3.8) is 0 Å². The smallest absolute Gasteiger partial charge is 0.325 e. The first-order chi connectivity index (χ1) is 11.2. The third-order valence-corrected chi connectivity index (χ3v) is 5.80. The molecule has 0 radical (unpaired) electrons. The van der Waals surface area contributed by atoms with E-state index < -0.39 is 27.9 Å². The molecule has 0 spiro atoms. The molecule has 1 aromatic carbocycles. The minimum absolute atomic E-state index is 0.0417. The fraction of sp³-hybridized carbons (Fsp3) is 0.467. The molecular weight excluding hydrogens is 336 g/mol. The Morgan fingerprint density at radius 2 is 1.92 bits per heavy atom. The fourth-order valence-corrected chi connectivity index (χ4v) is 3.95. The maximum atomic E-state index is 12.8. The number of carboxylic acid groups (broad SMARTS) is 1. The van der Waals surface area contributed by atoms with E-state index in [1.165, 1.54) is 29.4 Å². The molecule has 0 aliphatic carbocycles. The van der Waals surface area contributed by atoms with Crippen molar-refractivity contribution in [2.24, 2.45) is 0 Å². The number of carbonyl (C=O) groups is 2. The molecule has 2 rings (SSSR count). The first kappa shape index (κ1) is 18.4. The second kappa shape index (κ2) is 7.29. The van der Waals surface area contributed by atoms with Crippen LogP contribution in [0.5, 0.6) is 0 Å². The highest BCUT2D eigenvalue weighted by Gasteiger charge is 2.28. The summed E-state index contributed by atoms with van der Waals surface area (Å²) in [6.07, 6.45) is 0. The number of nitrogens with zero attached hydrogens (tertiary/aromatic N) is 1. The lowest BCUT2D eigenvalue weighted by atomic mass is 10.1. The van der Waals surface area contributed by atoms with Crippen molar-refractivity contribution < 1.29 is 27.9 Å². The zero-order valence-electron chi connectivity index (χ0n) is 13.5. The zero-order valence-corrected chi connectivity index (χ0v) is 14.3. The molecule has 0 saturated carbocycles. The number of morpholine rings is 1. The number of sulfonamides is 1. The van der Waals surface area contributed by atoms with Crippen LogP contribution in [-0.2, 0) is 19.6 Å². The van der Waals surface area contributed by atoms with Crippen LogP contribution in [0.15, 0.2) is 23.1 Å². The molecule has 0 aromatic heterocycles. The maximum absolute atomic E-state index is 12.8. The van der Waals surface area contributed by atoms with Crippen LogP contribution >= 0.6 is 0 Å². The average Bonchev–Trinajstić information content (AvgIpc) is 2.55. The molecule has 24 heavy (non-hydrogen) atoms. The summed E-state index contributed by atoms with van der Waals surface area (Å²) in [6.45, 7) is 4.15. The van der Waals surface area contributed by atoms with Crippen LogP contribution in [0.25, 0.3) is 0 Å². The van der Waals surface area contributed by atoms with Crippen LogP contribution < -0.4 is 5.32 Å². The van der Waals surface area contributed by atoms with Gasteiger partial charge in [0, 0.05) is 18.7 Å². The van der Waals surface area contributed by atoms with E-state index in [4.69, 9.17) is 9.84 Å². The second-order valence-electron chi connectivity index (χ2n) is 5.53. The zero-order chi connectivity index (χ0) is 17.9. The number of benzene rings is 1. The number of aliphatic carboxylic acids is 1. The van der Waals surface area contributed by atoms with E-state index in [1.54, 1.807) is 6.92 Å². The van der Waals surface area contributed by atoms with Crippen molar-refractivity contribution >= 4 is 21.9 Å². The van der Waals surface area contributed by atoms with Gasteiger partial charge in [-0.1, -0.05) is 6.07 Å². The summed E-state index contributed by atoms with van der Waals surface area (Å²) in [6, 6.07) is 3.22. The van der Waals surface area contributed by atoms with Gasteiger partial charge < -0.3 is 15.2 Å². The number of rotatable bonds is 5. The molecule has 1 aliphatic rings. The Kier molecular flexibility index (Phi) is 5.58. The van der Waals surface area contributed by atoms with Gasteiger partial charge >= 0.3 is 5.97 Å². The van der Waals surface area contributed by atoms with E-state index in [0.717, 1.165) is 0 Å². The van der Waals surface area contributed by atoms with Gasteiger partial charge in [0.25, 0.3) is 5.91 Å². The summed E-state index contributed by atoms with van der Waals surface area (Å²) in [5, 5.41) is 11.2. The molecule has 9 heteroatoms. The molecule has 1 atom stereocenters. The molecule has 1 amide bonds. The van der Waals surface area contributed by atoms with Crippen LogP contribution in [0.4, 0.5) is 0 Å². The lowest BCUT2D eigenvalue weighted by Gasteiger charge is -2.26. The van der Waals surface area contributed by atoms with Gasteiger partial charge in [-0.15, -0.1) is 0 Å². The van der Waals surface area contributed by atoms with Crippen molar-refractivity contribution in [1.82, 2.24) is 9.62 Å². The number of aryl methyl sites for hydroxylation is 1. The summed E-state index contributed by atoms with van der Waals surface area (Å²) in [7, 11) is -3.74. The van der Waals surface area contributed by atoms with Gasteiger partial charge in [-0.05, 0) is 31.5 Å². The predicted molar refractivity (Wildman–Crippen MR) is 85.3 cm³/mol. The highest BCUT2D eigenvalue weighted by molar-refractivity contribution is 7.89. The summed E-state index contributed by atoms with van der Waals surface area (Å²) < 4.78 is 32.0. The van der Waals surface area contributed by atoms with Gasteiger partial charge in [0.15, 0.2) is 0 Å². The van der Waals surface area contributed by atoms with Crippen molar-refractivity contribution in [1.29, 1.82) is 0 Å². The Balaban J connectivity index is 2.31. The first-order valence-electron chi connectivity index (χ1n) is 7.45. The Morgan fingerprint density at radius 3 is 2.50 bits per heavy atom. The monoisotopic (exact) mass is 356 g/mol. The SMILES string of the molecule is Cc1ccc(C(=O)N[C@@H](C)C(=O)O)cc1S(=O)(=O)N1CCOCC1. The van der Waals surface area contributed by atoms with Crippen LogP contribution in [0.3, 0.4) is 0 Å². The summed E-state index contributed by atoms with van der Waals surface area (Å²) in [5.74, 6) is -1.81. The Labute approximate surface area is 140 Å². The van der Waals surface area contributed by atoms with E-state index in [-0.39, 0.29) is 23.5 Å². The largest absolute Gasteiger partial charge is 0.480 e. The van der Waals surface area contributed by atoms with Crippen LogP contribution in [0, 0.1) is 6.92 Å². The third-order valence-electron chi connectivity index (χ3n) is 3.76. The normalized spacial score (nSPS) is 17.2. The van der Waals surface area contributed by atoms with E-state index in [0.29, 0.717) is 18.8 Å². The molecule has 1 aromatic rings. The standard InChI is InChI=1S/C15H20N2O6S/c1-10-3-4-12(14(18)16-11(2)15(19)20)9-13(10)24(21,22)17-5-7-23-8-6-17/h3-4,9,11H,5-8H2,1-2H3,(H,16,18)(H,19,20)/t11-/m0/s1. The van der Waals surface area contributed by atoms with Gasteiger partial charge in [-0.25, -0.2) is 8.42 Å². The Morgan fingerprint density at radius 1 is 1.29 bits per heavy atom. The van der Waals surface area contributed by atoms with Crippen LogP contribution in [0.2, 0.25) is 0 Å². The van der Waals surface area contributed by atoms with Gasteiger partial charge in [0.1, 0.15) is 6.04 Å². The molecule has 132 valence electrons. The van der Waals surface area contributed by atoms with E-state index in [2.05, 4.69) is 5.32 Å². The number of carboxylic acids is 1. The highest BCUT2D eigenvalue weighted by atomic mass is 32.2. The number of nitrogens with one attached hydrogen (secondary N) is 1. The Hall–Kier alpha value is -1.97. The fourth-order valence-electron chi connectivity index (χ4n) is 2.29. The van der Waals surface area contributed by atoms with Crippen LogP contribution in [0.1, 0.15) is 22.8 Å². The lowest BCUT2D eigenvalue weighted by Crippen LogP contribution is -2.41. The second-order valence-corrected chi connectivity index (χ2v) is 7.44. The molecular formula is C15H20N2O6S. The van der Waals surface area contributed by atoms with E-state index >= 15 is 0 Å². The maximum Gasteiger partial charge on any atom is 0.325 e. The van der Waals surface area contributed by atoms with E-state index in [9.17, 15) is 18.0 Å². The molecule has 2 N–H and O–H groups in total. The molecule has 1 saturated heterocycles. The van der Waals surface area contributed by atoms with Gasteiger partial charge in [-0.3, -0.25) is 9.59 Å². The van der Waals surface area contributed by atoms with Crippen molar-refractivity contribution in [2.75, 3.05) is 26.3 Å². The third kappa shape index (κ3) is 3.92. The van der Waals surface area contributed by atoms with Gasteiger partial charge in [0.2, 0.25) is 10.0 Å². The number of hydrogen-bond acceptors (Lipinski definition) is 5. The minimum Gasteiger partial charge on any atom is -0.480 e. The molecule has 1 aliphatic heterocycles. The molecule has 0 bridgehead atoms. The summed E-state index contributed by atoms with van der Waals surface area (Å²) in [5.41, 5.74) is 0.616. The number of ether oxygens (including phenoxy) is 1. The predicted octanol–water partition coefficient (Wildman–Crippen LogP) is 0.219. The van der Waals surface area contributed by atoms with Gasteiger partial charge in [0.05, 0.1) is 18.1 Å². The van der Waals surface area contributed by atoms with E-state index in [1.807, 2.05) is 0 Å². The lowest BCUT2D eigenvalue weighted by molar-refractivity contribution is -0.138. The molecule has 0 unspecified atom stereocenters. The Bertz CT molecular complexity index is 740. The summed E-state index contributed by atoms with van der Waals surface area (Å²) >= 11 is 0. The number of carbonyl (C=O) groups excluding carboxylic acids is 1. The molecule has 8 nitrogen and oxygen atoms in total. The first-order valence-corrected chi connectivity index (χ1v) is 8.89. The number of hydrogen-bond donors (Lipinski definition) is 2. The van der Waals surface area contributed by atoms with Crippen LogP contribution in [-0.4, -0.2) is 62.1 Å². The quantitative estimate of drug-likeness (QED) is 0.780.